The summed E-state index contributed by atoms with van der Waals surface area (Å²) in [6, 6.07) is 7.67. The number of hydrogen-bond acceptors (Lipinski definition) is 5. The molecule has 0 spiro atoms. The first-order valence-electron chi connectivity index (χ1n) is 9.59. The van der Waals surface area contributed by atoms with Crippen LogP contribution < -0.4 is 4.90 Å². The van der Waals surface area contributed by atoms with Crippen molar-refractivity contribution < 1.29 is 4.79 Å². The maximum Gasteiger partial charge on any atom is 0.280 e. The Morgan fingerprint density at radius 3 is 2.57 bits per heavy atom. The van der Waals surface area contributed by atoms with Gasteiger partial charge < -0.3 is 4.90 Å². The Balaban J connectivity index is 1.95. The second-order valence-electron chi connectivity index (χ2n) is 6.84. The van der Waals surface area contributed by atoms with E-state index in [0.29, 0.717) is 22.4 Å². The van der Waals surface area contributed by atoms with E-state index in [9.17, 15) is 4.79 Å². The van der Waals surface area contributed by atoms with Crippen molar-refractivity contribution in [2.45, 2.75) is 33.7 Å². The van der Waals surface area contributed by atoms with Gasteiger partial charge in [0.2, 0.25) is 0 Å². The predicted octanol–water partition coefficient (Wildman–Crippen LogP) is 4.72. The monoisotopic (exact) mass is 419 g/mol. The number of para-hydroxylation sites is 1. The van der Waals surface area contributed by atoms with Gasteiger partial charge in [-0.25, -0.2) is 4.98 Å². The summed E-state index contributed by atoms with van der Waals surface area (Å²) in [5, 5.41) is 5.71. The van der Waals surface area contributed by atoms with Crippen LogP contribution in [0.4, 0.5) is 5.13 Å². The zero-order valence-corrected chi connectivity index (χ0v) is 18.3. The molecule has 0 unspecified atom stereocenters. The molecule has 3 rings (SSSR count). The summed E-state index contributed by atoms with van der Waals surface area (Å²) >= 11 is 7.78. The van der Waals surface area contributed by atoms with Crippen molar-refractivity contribution in [2.75, 3.05) is 31.1 Å². The highest BCUT2D eigenvalue weighted by Crippen LogP contribution is 2.33. The molecule has 150 valence electrons. The molecule has 2 heterocycles. The van der Waals surface area contributed by atoms with Gasteiger partial charge in [0.1, 0.15) is 5.52 Å². The highest BCUT2D eigenvalue weighted by atomic mass is 35.5. The molecule has 2 aromatic heterocycles. The van der Waals surface area contributed by atoms with E-state index in [1.165, 1.54) is 11.3 Å². The van der Waals surface area contributed by atoms with E-state index in [2.05, 4.69) is 28.8 Å². The van der Waals surface area contributed by atoms with E-state index < -0.39 is 0 Å². The Morgan fingerprint density at radius 2 is 1.96 bits per heavy atom. The number of benzene rings is 1. The predicted molar refractivity (Wildman–Crippen MR) is 117 cm³/mol. The van der Waals surface area contributed by atoms with Gasteiger partial charge in [-0.15, -0.1) is 0 Å². The third-order valence-electron chi connectivity index (χ3n) is 4.73. The molecule has 0 saturated carbocycles. The van der Waals surface area contributed by atoms with Crippen molar-refractivity contribution in [3.8, 4) is 0 Å². The first kappa shape index (κ1) is 20.8. The number of thiazole rings is 1. The second kappa shape index (κ2) is 9.03. The number of fused-ring (bicyclic) bond motifs is 1. The van der Waals surface area contributed by atoms with Crippen molar-refractivity contribution in [1.82, 2.24) is 19.7 Å². The number of halogens is 1. The SMILES string of the molecule is CCN(CC)CCN(C(=O)c1ccn(C(C)C)n1)c1nc2c(Cl)cccc2s1. The van der Waals surface area contributed by atoms with E-state index in [1.54, 1.807) is 15.6 Å². The first-order valence-corrected chi connectivity index (χ1v) is 10.8. The Labute approximate surface area is 174 Å². The number of rotatable bonds is 8. The molecule has 0 saturated heterocycles. The topological polar surface area (TPSA) is 54.3 Å². The molecule has 1 aromatic carbocycles. The fourth-order valence-electron chi connectivity index (χ4n) is 2.96. The van der Waals surface area contributed by atoms with Crippen LogP contribution in [0.15, 0.2) is 30.5 Å². The van der Waals surface area contributed by atoms with Crippen LogP contribution >= 0.6 is 22.9 Å². The number of anilines is 1. The van der Waals surface area contributed by atoms with Crippen molar-refractivity contribution >= 4 is 44.2 Å². The van der Waals surface area contributed by atoms with Crippen LogP contribution in [0.25, 0.3) is 10.2 Å². The number of likely N-dealkylation sites (N-methyl/N-ethyl adjacent to an activating group) is 1. The smallest absolute Gasteiger partial charge is 0.280 e. The van der Waals surface area contributed by atoms with Gasteiger partial charge in [-0.2, -0.15) is 5.10 Å². The molecule has 0 radical (unpaired) electrons. The van der Waals surface area contributed by atoms with E-state index in [1.807, 2.05) is 38.2 Å². The Kier molecular flexibility index (Phi) is 6.69. The molecular weight excluding hydrogens is 394 g/mol. The zero-order valence-electron chi connectivity index (χ0n) is 16.7. The molecule has 0 aliphatic carbocycles. The normalized spacial score (nSPS) is 11.7. The maximum absolute atomic E-state index is 13.3. The molecule has 3 aromatic rings. The van der Waals surface area contributed by atoms with Crippen LogP contribution in [0, 0.1) is 0 Å². The molecule has 0 fully saturated rings. The van der Waals surface area contributed by atoms with Gasteiger partial charge in [-0.05, 0) is 45.1 Å². The molecule has 8 heteroatoms. The van der Waals surface area contributed by atoms with Crippen molar-refractivity contribution in [2.24, 2.45) is 0 Å². The van der Waals surface area contributed by atoms with Gasteiger partial charge in [0.25, 0.3) is 5.91 Å². The van der Waals surface area contributed by atoms with Gasteiger partial charge in [0.15, 0.2) is 10.8 Å². The quantitative estimate of drug-likeness (QED) is 0.530. The van der Waals surface area contributed by atoms with Crippen LogP contribution in [0.5, 0.6) is 0 Å². The van der Waals surface area contributed by atoms with Crippen LogP contribution in [-0.4, -0.2) is 51.8 Å². The van der Waals surface area contributed by atoms with Crippen LogP contribution in [0.2, 0.25) is 5.02 Å². The van der Waals surface area contributed by atoms with Crippen molar-refractivity contribution in [3.05, 3.63) is 41.2 Å². The minimum atomic E-state index is -0.137. The molecule has 6 nitrogen and oxygen atoms in total. The molecule has 0 aliphatic heterocycles. The minimum absolute atomic E-state index is 0.137. The summed E-state index contributed by atoms with van der Waals surface area (Å²) in [4.78, 5) is 22.0. The summed E-state index contributed by atoms with van der Waals surface area (Å²) in [5.74, 6) is -0.137. The summed E-state index contributed by atoms with van der Waals surface area (Å²) in [6.45, 7) is 11.5. The lowest BCUT2D eigenvalue weighted by Crippen LogP contribution is -2.39. The van der Waals surface area contributed by atoms with Gasteiger partial charge in [0, 0.05) is 25.3 Å². The van der Waals surface area contributed by atoms with E-state index >= 15 is 0 Å². The van der Waals surface area contributed by atoms with E-state index in [4.69, 9.17) is 11.6 Å². The highest BCUT2D eigenvalue weighted by molar-refractivity contribution is 7.22. The third kappa shape index (κ3) is 4.37. The largest absolute Gasteiger partial charge is 0.302 e. The fourth-order valence-corrected chi connectivity index (χ4v) is 4.25. The van der Waals surface area contributed by atoms with Crippen molar-refractivity contribution in [1.29, 1.82) is 0 Å². The summed E-state index contributed by atoms with van der Waals surface area (Å²) < 4.78 is 2.77. The minimum Gasteiger partial charge on any atom is -0.302 e. The molecule has 1 amide bonds. The fraction of sp³-hybridized carbons (Fsp3) is 0.450. The lowest BCUT2D eigenvalue weighted by atomic mass is 10.3. The van der Waals surface area contributed by atoms with Crippen LogP contribution in [-0.2, 0) is 0 Å². The average Bonchev–Trinajstić information content (AvgIpc) is 3.33. The van der Waals surface area contributed by atoms with E-state index in [0.717, 1.165) is 29.9 Å². The lowest BCUT2D eigenvalue weighted by molar-refractivity contribution is 0.0978. The number of amides is 1. The average molecular weight is 420 g/mol. The standard InChI is InChI=1S/C20H26ClN5OS/c1-5-24(6-2)12-13-25(19(27)16-10-11-26(23-16)14(3)4)20-22-18-15(21)8-7-9-17(18)28-20/h7-11,14H,5-6,12-13H2,1-4H3. The molecule has 0 N–H and O–H groups in total. The van der Waals surface area contributed by atoms with Crippen molar-refractivity contribution in [3.63, 3.8) is 0 Å². The number of nitrogens with zero attached hydrogens (tertiary/aromatic N) is 5. The lowest BCUT2D eigenvalue weighted by Gasteiger charge is -2.24. The molecule has 28 heavy (non-hydrogen) atoms. The van der Waals surface area contributed by atoms with Crippen LogP contribution in [0.3, 0.4) is 0 Å². The summed E-state index contributed by atoms with van der Waals surface area (Å²) in [7, 11) is 0. The Bertz CT molecular complexity index is 947. The number of carbonyl (C=O) groups excluding carboxylic acids is 1. The zero-order chi connectivity index (χ0) is 20.3. The van der Waals surface area contributed by atoms with Gasteiger partial charge >= 0.3 is 0 Å². The molecule has 0 aliphatic rings. The highest BCUT2D eigenvalue weighted by Gasteiger charge is 2.24. The first-order chi connectivity index (χ1) is 13.4. The maximum atomic E-state index is 13.3. The third-order valence-corrected chi connectivity index (χ3v) is 6.07. The van der Waals surface area contributed by atoms with Gasteiger partial charge in [0.05, 0.1) is 9.72 Å². The Morgan fingerprint density at radius 1 is 1.21 bits per heavy atom. The summed E-state index contributed by atoms with van der Waals surface area (Å²) in [6.07, 6.45) is 1.84. The molecular formula is C20H26ClN5OS. The number of hydrogen-bond donors (Lipinski definition) is 0. The number of carbonyl (C=O) groups is 1. The van der Waals surface area contributed by atoms with Crippen LogP contribution in [0.1, 0.15) is 44.2 Å². The van der Waals surface area contributed by atoms with Gasteiger partial charge in [-0.3, -0.25) is 14.4 Å². The Hall–Kier alpha value is -1.96. The van der Waals surface area contributed by atoms with E-state index in [-0.39, 0.29) is 11.9 Å². The van der Waals surface area contributed by atoms with Gasteiger partial charge in [-0.1, -0.05) is 42.9 Å². The molecule has 0 bridgehead atoms. The number of aromatic nitrogens is 3. The second-order valence-corrected chi connectivity index (χ2v) is 8.26. The summed E-state index contributed by atoms with van der Waals surface area (Å²) in [5.41, 5.74) is 1.16. The molecule has 0 atom stereocenters.